The van der Waals surface area contributed by atoms with E-state index < -0.39 is 0 Å². The number of rotatable bonds is 2. The molecule has 23 heavy (non-hydrogen) atoms. The normalized spacial score (nSPS) is 25.8. The summed E-state index contributed by atoms with van der Waals surface area (Å²) in [5.74, 6) is 4.27. The SMILES string of the molecule is C#Cc1ccccc1OC1CN2CCC1CC2.c1cc2ccc1-2. The predicted molar refractivity (Wildman–Crippen MR) is 93.4 cm³/mol. The van der Waals surface area contributed by atoms with E-state index in [2.05, 4.69) is 35.1 Å². The van der Waals surface area contributed by atoms with Gasteiger partial charge in [-0.15, -0.1) is 6.42 Å². The van der Waals surface area contributed by atoms with Crippen molar-refractivity contribution < 1.29 is 4.74 Å². The molecule has 1 aromatic carbocycles. The lowest BCUT2D eigenvalue weighted by Gasteiger charge is -2.44. The van der Waals surface area contributed by atoms with Gasteiger partial charge in [-0.1, -0.05) is 42.3 Å². The van der Waals surface area contributed by atoms with Gasteiger partial charge in [-0.25, -0.2) is 0 Å². The maximum absolute atomic E-state index is 6.13. The van der Waals surface area contributed by atoms with E-state index >= 15 is 0 Å². The third-order valence-electron chi connectivity index (χ3n) is 5.14. The summed E-state index contributed by atoms with van der Waals surface area (Å²) in [6.07, 6.45) is 8.35. The van der Waals surface area contributed by atoms with E-state index in [1.54, 1.807) is 0 Å². The van der Waals surface area contributed by atoms with Crippen LogP contribution in [0.1, 0.15) is 18.4 Å². The van der Waals surface area contributed by atoms with Crippen LogP contribution in [0.25, 0.3) is 11.1 Å². The second-order valence-electron chi connectivity index (χ2n) is 6.51. The molecule has 2 heteroatoms. The number of fused-ring (bicyclic) bond motifs is 4. The van der Waals surface area contributed by atoms with E-state index in [1.165, 1.54) is 37.1 Å². The molecule has 0 N–H and O–H groups in total. The van der Waals surface area contributed by atoms with Crippen LogP contribution in [0.3, 0.4) is 0 Å². The molecule has 0 amide bonds. The zero-order valence-corrected chi connectivity index (χ0v) is 13.2. The fourth-order valence-electron chi connectivity index (χ4n) is 3.56. The molecule has 0 radical (unpaired) electrons. The predicted octanol–water partition coefficient (Wildman–Crippen LogP) is 3.81. The minimum absolute atomic E-state index is 0.326. The molecule has 3 saturated heterocycles. The van der Waals surface area contributed by atoms with Crippen LogP contribution in [-0.2, 0) is 0 Å². The Morgan fingerprint density at radius 2 is 1.61 bits per heavy atom. The number of benzene rings is 2. The fourth-order valence-corrected chi connectivity index (χ4v) is 3.56. The van der Waals surface area contributed by atoms with Crippen molar-refractivity contribution in [3.8, 4) is 29.2 Å². The van der Waals surface area contributed by atoms with E-state index in [0.29, 0.717) is 12.0 Å². The third kappa shape index (κ3) is 2.85. The fraction of sp³-hybridized carbons (Fsp3) is 0.333. The molecule has 2 bridgehead atoms. The third-order valence-corrected chi connectivity index (χ3v) is 5.14. The molecule has 3 heterocycles. The Hall–Kier alpha value is -2.24. The van der Waals surface area contributed by atoms with Crippen LogP contribution in [0.2, 0.25) is 0 Å². The van der Waals surface area contributed by atoms with E-state index in [4.69, 9.17) is 11.2 Å². The molecule has 2 aliphatic carbocycles. The summed E-state index contributed by atoms with van der Waals surface area (Å²) >= 11 is 0. The van der Waals surface area contributed by atoms with Gasteiger partial charge in [0.15, 0.2) is 0 Å². The number of piperidine rings is 3. The van der Waals surface area contributed by atoms with Gasteiger partial charge >= 0.3 is 0 Å². The van der Waals surface area contributed by atoms with Crippen LogP contribution in [-0.4, -0.2) is 30.6 Å². The molecule has 3 fully saturated rings. The minimum Gasteiger partial charge on any atom is -0.487 e. The highest BCUT2D eigenvalue weighted by Gasteiger charge is 2.35. The highest BCUT2D eigenvalue weighted by Crippen LogP contribution is 2.31. The van der Waals surface area contributed by atoms with Crippen LogP contribution < -0.4 is 4.74 Å². The Kier molecular flexibility index (Phi) is 3.81. The molecule has 1 aromatic rings. The standard InChI is InChI=1S/C15H17NO.C6H4/c1-2-12-5-3-4-6-14(12)17-15-11-16-9-7-13(15)8-10-16;1-2-6-4-3-5(1)6/h1,3-6,13,15H,7-11H2;1-4H. The van der Waals surface area contributed by atoms with Crippen molar-refractivity contribution in [3.05, 3.63) is 54.1 Å². The maximum Gasteiger partial charge on any atom is 0.135 e. The van der Waals surface area contributed by atoms with Crippen LogP contribution in [0.4, 0.5) is 0 Å². The first-order valence-corrected chi connectivity index (χ1v) is 8.38. The lowest BCUT2D eigenvalue weighted by Crippen LogP contribution is -2.52. The molecule has 6 rings (SSSR count). The smallest absolute Gasteiger partial charge is 0.135 e. The molecule has 5 aliphatic rings. The number of hydrogen-bond donors (Lipinski definition) is 0. The van der Waals surface area contributed by atoms with Gasteiger partial charge in [-0.3, -0.25) is 4.90 Å². The Morgan fingerprint density at radius 1 is 0.957 bits per heavy atom. The Balaban J connectivity index is 0.000000186. The first-order chi connectivity index (χ1) is 11.3. The summed E-state index contributed by atoms with van der Waals surface area (Å²) < 4.78 is 6.13. The zero-order chi connectivity index (χ0) is 15.6. The number of para-hydroxylation sites is 1. The molecular weight excluding hydrogens is 282 g/mol. The molecule has 1 unspecified atom stereocenters. The molecule has 0 aromatic heterocycles. The van der Waals surface area contributed by atoms with E-state index in [1.807, 2.05) is 24.3 Å². The second kappa shape index (κ2) is 6.10. The van der Waals surface area contributed by atoms with Crippen LogP contribution in [0, 0.1) is 18.3 Å². The minimum atomic E-state index is 0.326. The van der Waals surface area contributed by atoms with Gasteiger partial charge in [0.25, 0.3) is 0 Å². The Morgan fingerprint density at radius 3 is 2.09 bits per heavy atom. The average Bonchev–Trinajstić information content (AvgIpc) is 2.60. The molecule has 0 spiro atoms. The van der Waals surface area contributed by atoms with Crippen LogP contribution >= 0.6 is 0 Å². The van der Waals surface area contributed by atoms with Gasteiger partial charge in [0.05, 0.1) is 5.56 Å². The lowest BCUT2D eigenvalue weighted by molar-refractivity contribution is -0.00788. The van der Waals surface area contributed by atoms with Gasteiger partial charge in [0, 0.05) is 6.54 Å². The van der Waals surface area contributed by atoms with Crippen molar-refractivity contribution >= 4 is 0 Å². The first kappa shape index (κ1) is 14.4. The Labute approximate surface area is 138 Å². The summed E-state index contributed by atoms with van der Waals surface area (Å²) in [4.78, 5) is 2.49. The van der Waals surface area contributed by atoms with Crippen molar-refractivity contribution in [2.45, 2.75) is 18.9 Å². The number of nitrogens with zero attached hydrogens (tertiary/aromatic N) is 1. The summed E-state index contributed by atoms with van der Waals surface area (Å²) in [6.45, 7) is 3.53. The van der Waals surface area contributed by atoms with Crippen molar-refractivity contribution in [1.82, 2.24) is 4.90 Å². The maximum atomic E-state index is 6.13. The molecular formula is C21H21NO. The summed E-state index contributed by atoms with van der Waals surface area (Å²) in [6, 6.07) is 16.3. The van der Waals surface area contributed by atoms with E-state index in [-0.39, 0.29) is 0 Å². The van der Waals surface area contributed by atoms with Gasteiger partial charge < -0.3 is 4.74 Å². The summed E-state index contributed by atoms with van der Waals surface area (Å²) in [7, 11) is 0. The highest BCUT2D eigenvalue weighted by atomic mass is 16.5. The molecule has 3 aliphatic heterocycles. The summed E-state index contributed by atoms with van der Waals surface area (Å²) in [5.41, 5.74) is 3.72. The average molecular weight is 303 g/mol. The van der Waals surface area contributed by atoms with Gasteiger partial charge in [-0.05, 0) is 55.1 Å². The number of ether oxygens (including phenoxy) is 1. The van der Waals surface area contributed by atoms with Gasteiger partial charge in [-0.2, -0.15) is 0 Å². The topological polar surface area (TPSA) is 12.5 Å². The van der Waals surface area contributed by atoms with Gasteiger partial charge in [0.2, 0.25) is 0 Å². The van der Waals surface area contributed by atoms with Gasteiger partial charge in [0.1, 0.15) is 11.9 Å². The largest absolute Gasteiger partial charge is 0.487 e. The molecule has 116 valence electrons. The van der Waals surface area contributed by atoms with Crippen LogP contribution in [0.5, 0.6) is 5.75 Å². The molecule has 2 nitrogen and oxygen atoms in total. The molecule has 1 atom stereocenters. The van der Waals surface area contributed by atoms with Crippen molar-refractivity contribution in [2.24, 2.45) is 5.92 Å². The molecule has 0 saturated carbocycles. The quantitative estimate of drug-likeness (QED) is 0.668. The monoisotopic (exact) mass is 303 g/mol. The number of terminal acetylenes is 1. The summed E-state index contributed by atoms with van der Waals surface area (Å²) in [5, 5.41) is 0. The van der Waals surface area contributed by atoms with Crippen LogP contribution in [0.15, 0.2) is 48.5 Å². The van der Waals surface area contributed by atoms with E-state index in [0.717, 1.165) is 17.9 Å². The van der Waals surface area contributed by atoms with Crippen molar-refractivity contribution in [2.75, 3.05) is 19.6 Å². The number of hydrogen-bond acceptors (Lipinski definition) is 2. The lowest BCUT2D eigenvalue weighted by atomic mass is 9.86. The van der Waals surface area contributed by atoms with E-state index in [9.17, 15) is 0 Å². The second-order valence-corrected chi connectivity index (χ2v) is 6.51. The zero-order valence-electron chi connectivity index (χ0n) is 13.2. The van der Waals surface area contributed by atoms with Crippen molar-refractivity contribution in [1.29, 1.82) is 0 Å². The van der Waals surface area contributed by atoms with Crippen molar-refractivity contribution in [3.63, 3.8) is 0 Å². The highest BCUT2D eigenvalue weighted by molar-refractivity contribution is 5.75. The first-order valence-electron chi connectivity index (χ1n) is 8.38. The Bertz CT molecular complexity index is 699.